The zero-order valence-corrected chi connectivity index (χ0v) is 20.9. The highest BCUT2D eigenvalue weighted by molar-refractivity contribution is 7.09. The van der Waals surface area contributed by atoms with E-state index in [-0.39, 0.29) is 18.4 Å². The SMILES string of the molecule is CCCCCCCC(=O)N(CC(=O)N(Cc1ccccc1)Cc1cccs1)CC(C)CC. The third-order valence-electron chi connectivity index (χ3n) is 5.90. The van der Waals surface area contributed by atoms with Gasteiger partial charge in [-0.05, 0) is 29.3 Å². The normalized spacial score (nSPS) is 11.8. The number of carbonyl (C=O) groups excluding carboxylic acids is 2. The van der Waals surface area contributed by atoms with Gasteiger partial charge in [-0.25, -0.2) is 0 Å². The fraction of sp³-hybridized carbons (Fsp3) is 0.556. The summed E-state index contributed by atoms with van der Waals surface area (Å²) in [6.45, 7) is 8.43. The molecule has 0 radical (unpaired) electrons. The van der Waals surface area contributed by atoms with E-state index in [9.17, 15) is 9.59 Å². The maximum atomic E-state index is 13.4. The summed E-state index contributed by atoms with van der Waals surface area (Å²) in [4.78, 5) is 31.3. The van der Waals surface area contributed by atoms with Crippen LogP contribution < -0.4 is 0 Å². The molecular formula is C27H40N2O2S. The van der Waals surface area contributed by atoms with E-state index in [4.69, 9.17) is 0 Å². The molecule has 0 spiro atoms. The second-order valence-corrected chi connectivity index (χ2v) is 9.80. The Morgan fingerprint density at radius 3 is 2.28 bits per heavy atom. The first-order valence-corrected chi connectivity index (χ1v) is 13.0. The molecule has 0 saturated carbocycles. The van der Waals surface area contributed by atoms with Gasteiger partial charge in [-0.2, -0.15) is 0 Å². The topological polar surface area (TPSA) is 40.6 Å². The highest BCUT2D eigenvalue weighted by Gasteiger charge is 2.23. The quantitative estimate of drug-likeness (QED) is 0.287. The number of hydrogen-bond donors (Lipinski definition) is 0. The van der Waals surface area contributed by atoms with Crippen molar-refractivity contribution in [2.24, 2.45) is 5.92 Å². The molecule has 0 aliphatic rings. The van der Waals surface area contributed by atoms with Crippen molar-refractivity contribution in [2.75, 3.05) is 13.1 Å². The van der Waals surface area contributed by atoms with Crippen molar-refractivity contribution < 1.29 is 9.59 Å². The molecule has 5 heteroatoms. The number of thiophene rings is 1. The van der Waals surface area contributed by atoms with E-state index in [1.54, 1.807) is 11.3 Å². The third kappa shape index (κ3) is 9.56. The van der Waals surface area contributed by atoms with Crippen LogP contribution in [0.2, 0.25) is 0 Å². The number of carbonyl (C=O) groups is 2. The average molecular weight is 457 g/mol. The van der Waals surface area contributed by atoms with Gasteiger partial charge in [0.2, 0.25) is 11.8 Å². The molecule has 1 unspecified atom stereocenters. The van der Waals surface area contributed by atoms with Crippen molar-refractivity contribution in [3.8, 4) is 0 Å². The molecule has 1 heterocycles. The second kappa shape index (κ2) is 14.8. The number of unbranched alkanes of at least 4 members (excludes halogenated alkanes) is 4. The molecule has 2 amide bonds. The molecule has 32 heavy (non-hydrogen) atoms. The van der Waals surface area contributed by atoms with Crippen LogP contribution in [-0.2, 0) is 22.7 Å². The van der Waals surface area contributed by atoms with Crippen molar-refractivity contribution >= 4 is 23.2 Å². The Bertz CT molecular complexity index is 776. The van der Waals surface area contributed by atoms with Crippen molar-refractivity contribution in [3.63, 3.8) is 0 Å². The minimum absolute atomic E-state index is 0.0184. The molecule has 1 atom stereocenters. The van der Waals surface area contributed by atoms with Crippen molar-refractivity contribution in [2.45, 2.75) is 78.8 Å². The molecule has 2 aromatic rings. The zero-order valence-electron chi connectivity index (χ0n) is 20.1. The first kappa shape index (κ1) is 26.1. The number of amides is 2. The molecule has 0 N–H and O–H groups in total. The van der Waals surface area contributed by atoms with Gasteiger partial charge >= 0.3 is 0 Å². The van der Waals surface area contributed by atoms with Gasteiger partial charge in [-0.3, -0.25) is 9.59 Å². The smallest absolute Gasteiger partial charge is 0.242 e. The van der Waals surface area contributed by atoms with E-state index >= 15 is 0 Å². The van der Waals surface area contributed by atoms with Crippen LogP contribution >= 0.6 is 11.3 Å². The maximum absolute atomic E-state index is 13.4. The van der Waals surface area contributed by atoms with Gasteiger partial charge in [0.1, 0.15) is 0 Å². The lowest BCUT2D eigenvalue weighted by molar-refractivity contribution is -0.141. The highest BCUT2D eigenvalue weighted by Crippen LogP contribution is 2.16. The Morgan fingerprint density at radius 1 is 0.875 bits per heavy atom. The fourth-order valence-corrected chi connectivity index (χ4v) is 4.41. The molecule has 176 valence electrons. The van der Waals surface area contributed by atoms with Gasteiger partial charge in [-0.1, -0.05) is 89.3 Å². The van der Waals surface area contributed by atoms with Gasteiger partial charge < -0.3 is 9.80 Å². The van der Waals surface area contributed by atoms with Gasteiger partial charge in [0.05, 0.1) is 13.1 Å². The summed E-state index contributed by atoms with van der Waals surface area (Å²) in [6.07, 6.45) is 7.13. The molecule has 0 bridgehead atoms. The van der Waals surface area contributed by atoms with Crippen LogP contribution in [0.25, 0.3) is 0 Å². The molecule has 1 aromatic carbocycles. The maximum Gasteiger partial charge on any atom is 0.242 e. The van der Waals surface area contributed by atoms with Gasteiger partial charge in [0.25, 0.3) is 0 Å². The summed E-state index contributed by atoms with van der Waals surface area (Å²) in [5, 5.41) is 2.04. The summed E-state index contributed by atoms with van der Waals surface area (Å²) < 4.78 is 0. The Kier molecular flexibility index (Phi) is 12.1. The predicted molar refractivity (Wildman–Crippen MR) is 134 cm³/mol. The minimum atomic E-state index is 0.0184. The number of nitrogens with zero attached hydrogens (tertiary/aromatic N) is 2. The molecule has 0 aliphatic carbocycles. The van der Waals surface area contributed by atoms with Crippen molar-refractivity contribution in [1.29, 1.82) is 0 Å². The van der Waals surface area contributed by atoms with E-state index in [1.165, 1.54) is 19.3 Å². The summed E-state index contributed by atoms with van der Waals surface area (Å²) in [5.41, 5.74) is 1.10. The van der Waals surface area contributed by atoms with Crippen LogP contribution in [0.4, 0.5) is 0 Å². The standard InChI is InChI=1S/C27H40N2O2S/c1-4-6-7-8-12-17-26(30)28(19-23(3)5-2)22-27(31)29(21-25-16-13-18-32-25)20-24-14-10-9-11-15-24/h9-11,13-16,18,23H,4-8,12,17,19-22H2,1-3H3. The molecule has 0 aliphatic heterocycles. The van der Waals surface area contributed by atoms with Gasteiger partial charge in [0, 0.05) is 24.4 Å². The minimum Gasteiger partial charge on any atom is -0.333 e. The largest absolute Gasteiger partial charge is 0.333 e. The van der Waals surface area contributed by atoms with Crippen LogP contribution in [0.15, 0.2) is 47.8 Å². The fourth-order valence-electron chi connectivity index (χ4n) is 3.69. The van der Waals surface area contributed by atoms with E-state index in [1.807, 2.05) is 51.6 Å². The predicted octanol–water partition coefficient (Wildman–Crippen LogP) is 6.51. The lowest BCUT2D eigenvalue weighted by atomic mass is 10.1. The Balaban J connectivity index is 2.06. The van der Waals surface area contributed by atoms with Crippen LogP contribution in [0.5, 0.6) is 0 Å². The van der Waals surface area contributed by atoms with Gasteiger partial charge in [0.15, 0.2) is 0 Å². The van der Waals surface area contributed by atoms with Gasteiger partial charge in [-0.15, -0.1) is 11.3 Å². The Labute approximate surface area is 198 Å². The lowest BCUT2D eigenvalue weighted by Crippen LogP contribution is -2.44. The first-order valence-electron chi connectivity index (χ1n) is 12.1. The van der Waals surface area contributed by atoms with E-state index < -0.39 is 0 Å². The molecular weight excluding hydrogens is 416 g/mol. The number of hydrogen-bond acceptors (Lipinski definition) is 3. The number of rotatable bonds is 15. The first-order chi connectivity index (χ1) is 15.5. The lowest BCUT2D eigenvalue weighted by Gasteiger charge is -2.29. The van der Waals surface area contributed by atoms with E-state index in [2.05, 4.69) is 26.8 Å². The highest BCUT2D eigenvalue weighted by atomic mass is 32.1. The number of benzene rings is 1. The molecule has 0 fully saturated rings. The van der Waals surface area contributed by atoms with Crippen LogP contribution in [0.3, 0.4) is 0 Å². The van der Waals surface area contributed by atoms with Crippen LogP contribution in [0.1, 0.15) is 76.2 Å². The van der Waals surface area contributed by atoms with Crippen molar-refractivity contribution in [1.82, 2.24) is 9.80 Å². The van der Waals surface area contributed by atoms with E-state index in [0.29, 0.717) is 32.0 Å². The average Bonchev–Trinajstić information content (AvgIpc) is 3.31. The summed E-state index contributed by atoms with van der Waals surface area (Å²) in [7, 11) is 0. The summed E-state index contributed by atoms with van der Waals surface area (Å²) in [5.74, 6) is 0.516. The van der Waals surface area contributed by atoms with Crippen molar-refractivity contribution in [3.05, 3.63) is 58.3 Å². The van der Waals surface area contributed by atoms with Crippen LogP contribution in [-0.4, -0.2) is 34.7 Å². The monoisotopic (exact) mass is 456 g/mol. The second-order valence-electron chi connectivity index (χ2n) is 8.77. The molecule has 2 rings (SSSR count). The molecule has 1 aromatic heterocycles. The summed E-state index contributed by atoms with van der Waals surface area (Å²) >= 11 is 1.66. The molecule has 0 saturated heterocycles. The van der Waals surface area contributed by atoms with Crippen LogP contribution in [0, 0.1) is 5.92 Å². The van der Waals surface area contributed by atoms with E-state index in [0.717, 1.165) is 29.7 Å². The third-order valence-corrected chi connectivity index (χ3v) is 6.76. The Hall–Kier alpha value is -2.14. The summed E-state index contributed by atoms with van der Waals surface area (Å²) in [6, 6.07) is 14.2. The zero-order chi connectivity index (χ0) is 23.2. The molecule has 4 nitrogen and oxygen atoms in total. The Morgan fingerprint density at radius 2 is 1.62 bits per heavy atom.